The van der Waals surface area contributed by atoms with E-state index >= 15 is 0 Å². The van der Waals surface area contributed by atoms with E-state index in [2.05, 4.69) is 0 Å². The largest absolute Gasteiger partial charge is 0.507 e. The number of Topliss-reactive ketones (excluding diaryl/α,β-unsaturated/α-hetero) is 1. The maximum absolute atomic E-state index is 12.6. The van der Waals surface area contributed by atoms with Gasteiger partial charge in [-0.05, 0) is 50.2 Å². The molecule has 0 amide bonds. The van der Waals surface area contributed by atoms with Crippen LogP contribution >= 0.6 is 0 Å². The topological polar surface area (TPSA) is 66.8 Å². The zero-order valence-electron chi connectivity index (χ0n) is 11.8. The summed E-state index contributed by atoms with van der Waals surface area (Å²) in [6, 6.07) is 3.32. The second kappa shape index (κ2) is 4.48. The Morgan fingerprint density at radius 3 is 2.85 bits per heavy atom. The van der Waals surface area contributed by atoms with Crippen molar-refractivity contribution < 1.29 is 19.7 Å². The Bertz CT molecular complexity index is 562. The summed E-state index contributed by atoms with van der Waals surface area (Å²) in [4.78, 5) is 12.6. The molecule has 2 unspecified atom stereocenters. The van der Waals surface area contributed by atoms with Gasteiger partial charge in [-0.2, -0.15) is 0 Å². The van der Waals surface area contributed by atoms with Gasteiger partial charge in [0.25, 0.3) is 0 Å². The first kappa shape index (κ1) is 13.4. The molecule has 2 aliphatic carbocycles. The number of carbonyl (C=O) groups excluding carboxylic acids is 1. The van der Waals surface area contributed by atoms with Crippen LogP contribution < -0.4 is 4.74 Å². The minimum absolute atomic E-state index is 0.0140. The van der Waals surface area contributed by atoms with Gasteiger partial charge in [-0.25, -0.2) is 0 Å². The summed E-state index contributed by atoms with van der Waals surface area (Å²) in [6.07, 6.45) is 2.70. The van der Waals surface area contributed by atoms with Gasteiger partial charge in [0.05, 0.1) is 18.3 Å². The Kier molecular flexibility index (Phi) is 3.01. The van der Waals surface area contributed by atoms with Crippen molar-refractivity contribution in [2.75, 3.05) is 7.11 Å². The minimum Gasteiger partial charge on any atom is -0.507 e. The van der Waals surface area contributed by atoms with Crippen molar-refractivity contribution in [3.05, 3.63) is 23.3 Å². The number of ether oxygens (including phenoxy) is 1. The molecule has 2 N–H and O–H groups in total. The van der Waals surface area contributed by atoms with Crippen LogP contribution in [0.1, 0.15) is 42.1 Å². The molecule has 1 aromatic carbocycles. The summed E-state index contributed by atoms with van der Waals surface area (Å²) < 4.78 is 5.15. The second-order valence-corrected chi connectivity index (χ2v) is 6.36. The zero-order valence-corrected chi connectivity index (χ0v) is 11.8. The standard InChI is InChI=1S/C16H20O4/c1-16(19)4-3-12-10(8-16)5-9-6-11(20-2)7-13(17)14(9)15(12)18/h6-7,10,12,17,19H,3-5,8H2,1-2H3/t10?,12?,16-/m1/s1. The van der Waals surface area contributed by atoms with Gasteiger partial charge < -0.3 is 14.9 Å². The van der Waals surface area contributed by atoms with Gasteiger partial charge in [-0.1, -0.05) is 0 Å². The number of phenolic OH excluding ortho intramolecular Hbond substituents is 1. The molecule has 0 aliphatic heterocycles. The molecule has 108 valence electrons. The van der Waals surface area contributed by atoms with Crippen LogP contribution in [0.25, 0.3) is 0 Å². The smallest absolute Gasteiger partial charge is 0.170 e. The summed E-state index contributed by atoms with van der Waals surface area (Å²) >= 11 is 0. The van der Waals surface area contributed by atoms with E-state index in [0.717, 1.165) is 5.56 Å². The molecule has 3 atom stereocenters. The van der Waals surface area contributed by atoms with Crippen molar-refractivity contribution >= 4 is 5.78 Å². The van der Waals surface area contributed by atoms with E-state index in [1.165, 1.54) is 6.07 Å². The fourth-order valence-corrected chi connectivity index (χ4v) is 3.76. The van der Waals surface area contributed by atoms with Crippen molar-refractivity contribution in [1.82, 2.24) is 0 Å². The zero-order chi connectivity index (χ0) is 14.5. The van der Waals surface area contributed by atoms with Crippen molar-refractivity contribution in [2.45, 2.75) is 38.2 Å². The Labute approximate surface area is 118 Å². The van der Waals surface area contributed by atoms with Crippen LogP contribution in [-0.4, -0.2) is 28.7 Å². The van der Waals surface area contributed by atoms with Gasteiger partial charge >= 0.3 is 0 Å². The monoisotopic (exact) mass is 276 g/mol. The average Bonchev–Trinajstić information content (AvgIpc) is 2.36. The first-order chi connectivity index (χ1) is 9.41. The Morgan fingerprint density at radius 2 is 2.15 bits per heavy atom. The number of aliphatic hydroxyl groups is 1. The molecular weight excluding hydrogens is 256 g/mol. The van der Waals surface area contributed by atoms with E-state index in [-0.39, 0.29) is 23.4 Å². The summed E-state index contributed by atoms with van der Waals surface area (Å²) in [7, 11) is 1.54. The SMILES string of the molecule is COc1cc(O)c2c(c1)CC1C[C@](C)(O)CCC1C2=O. The van der Waals surface area contributed by atoms with E-state index in [1.54, 1.807) is 7.11 Å². The third-order valence-electron chi connectivity index (χ3n) is 4.74. The lowest BCUT2D eigenvalue weighted by Gasteiger charge is -2.42. The summed E-state index contributed by atoms with van der Waals surface area (Å²) in [5, 5.41) is 20.3. The van der Waals surface area contributed by atoms with Crippen LogP contribution in [0.2, 0.25) is 0 Å². The van der Waals surface area contributed by atoms with E-state index < -0.39 is 5.60 Å². The number of carbonyl (C=O) groups is 1. The molecule has 0 aromatic heterocycles. The molecule has 2 aliphatic rings. The van der Waals surface area contributed by atoms with Gasteiger partial charge in [-0.15, -0.1) is 0 Å². The average molecular weight is 276 g/mol. The van der Waals surface area contributed by atoms with Gasteiger partial charge in [0.1, 0.15) is 11.5 Å². The maximum atomic E-state index is 12.6. The number of rotatable bonds is 1. The van der Waals surface area contributed by atoms with E-state index in [4.69, 9.17) is 4.74 Å². The predicted molar refractivity (Wildman–Crippen MR) is 74.1 cm³/mol. The highest BCUT2D eigenvalue weighted by Gasteiger charge is 2.44. The lowest BCUT2D eigenvalue weighted by Crippen LogP contribution is -2.43. The van der Waals surface area contributed by atoms with Gasteiger partial charge in [0.15, 0.2) is 5.78 Å². The van der Waals surface area contributed by atoms with E-state index in [1.807, 2.05) is 13.0 Å². The summed E-state index contributed by atoms with van der Waals surface area (Å²) in [6.45, 7) is 1.84. The highest BCUT2D eigenvalue weighted by molar-refractivity contribution is 6.03. The molecule has 4 nitrogen and oxygen atoms in total. The van der Waals surface area contributed by atoms with Gasteiger partial charge in [0.2, 0.25) is 0 Å². The fraction of sp³-hybridized carbons (Fsp3) is 0.562. The lowest BCUT2D eigenvalue weighted by molar-refractivity contribution is -0.0172. The molecule has 0 saturated heterocycles. The van der Waals surface area contributed by atoms with Crippen molar-refractivity contribution in [1.29, 1.82) is 0 Å². The molecule has 0 heterocycles. The summed E-state index contributed by atoms with van der Waals surface area (Å²) in [5.74, 6) is 0.689. The Hall–Kier alpha value is -1.55. The number of hydrogen-bond donors (Lipinski definition) is 2. The molecule has 20 heavy (non-hydrogen) atoms. The van der Waals surface area contributed by atoms with Gasteiger partial charge in [0, 0.05) is 12.0 Å². The normalized spacial score (nSPS) is 32.5. The number of aromatic hydroxyl groups is 1. The van der Waals surface area contributed by atoms with Crippen LogP contribution in [0.15, 0.2) is 12.1 Å². The van der Waals surface area contributed by atoms with Crippen LogP contribution in [0.3, 0.4) is 0 Å². The molecule has 0 spiro atoms. The first-order valence-corrected chi connectivity index (χ1v) is 7.08. The molecule has 4 heteroatoms. The second-order valence-electron chi connectivity index (χ2n) is 6.36. The Morgan fingerprint density at radius 1 is 1.40 bits per heavy atom. The predicted octanol–water partition coefficient (Wildman–Crippen LogP) is 2.31. The van der Waals surface area contributed by atoms with Crippen LogP contribution in [0.5, 0.6) is 11.5 Å². The summed E-state index contributed by atoms with van der Waals surface area (Å²) in [5.41, 5.74) is 0.610. The highest BCUT2D eigenvalue weighted by atomic mass is 16.5. The number of ketones is 1. The van der Waals surface area contributed by atoms with E-state index in [9.17, 15) is 15.0 Å². The van der Waals surface area contributed by atoms with Crippen molar-refractivity contribution in [2.24, 2.45) is 11.8 Å². The van der Waals surface area contributed by atoms with Crippen LogP contribution in [-0.2, 0) is 6.42 Å². The first-order valence-electron chi connectivity index (χ1n) is 7.08. The minimum atomic E-state index is -0.681. The molecule has 3 rings (SSSR count). The third-order valence-corrected chi connectivity index (χ3v) is 4.74. The van der Waals surface area contributed by atoms with Gasteiger partial charge in [-0.3, -0.25) is 4.79 Å². The Balaban J connectivity index is 2.02. The highest BCUT2D eigenvalue weighted by Crippen LogP contribution is 2.45. The van der Waals surface area contributed by atoms with Crippen LogP contribution in [0, 0.1) is 11.8 Å². The number of benzene rings is 1. The molecule has 1 aromatic rings. The molecular formula is C16H20O4. The lowest BCUT2D eigenvalue weighted by atomic mass is 9.64. The molecule has 0 radical (unpaired) electrons. The molecule has 1 saturated carbocycles. The number of methoxy groups -OCH3 is 1. The van der Waals surface area contributed by atoms with E-state index in [0.29, 0.717) is 37.0 Å². The number of fused-ring (bicyclic) bond motifs is 2. The number of hydrogen-bond acceptors (Lipinski definition) is 4. The number of phenols is 1. The quantitative estimate of drug-likeness (QED) is 0.826. The van der Waals surface area contributed by atoms with Crippen molar-refractivity contribution in [3.8, 4) is 11.5 Å². The molecule has 1 fully saturated rings. The van der Waals surface area contributed by atoms with Crippen LogP contribution in [0.4, 0.5) is 0 Å². The van der Waals surface area contributed by atoms with Crippen molar-refractivity contribution in [3.63, 3.8) is 0 Å². The fourth-order valence-electron chi connectivity index (χ4n) is 3.76. The molecule has 0 bridgehead atoms. The maximum Gasteiger partial charge on any atom is 0.170 e. The third kappa shape index (κ3) is 2.08.